The molecule has 1 rings (SSSR count). The zero-order valence-electron chi connectivity index (χ0n) is 10.6. The molecular formula is C12H19Cl2N3O. The summed E-state index contributed by atoms with van der Waals surface area (Å²) < 4.78 is 0. The van der Waals surface area contributed by atoms with Crippen molar-refractivity contribution in [2.75, 3.05) is 24.2 Å². The van der Waals surface area contributed by atoms with Gasteiger partial charge in [-0.3, -0.25) is 0 Å². The first kappa shape index (κ1) is 15.3. The summed E-state index contributed by atoms with van der Waals surface area (Å²) in [6.07, 6.45) is 1.74. The number of hydrogen-bond acceptors (Lipinski definition) is 4. The summed E-state index contributed by atoms with van der Waals surface area (Å²) in [4.78, 5) is 4.10. The summed E-state index contributed by atoms with van der Waals surface area (Å²) >= 11 is 11.9. The quantitative estimate of drug-likeness (QED) is 0.753. The Morgan fingerprint density at radius 3 is 2.44 bits per heavy atom. The Morgan fingerprint density at radius 1 is 1.33 bits per heavy atom. The third kappa shape index (κ3) is 3.40. The highest BCUT2D eigenvalue weighted by Gasteiger charge is 2.25. The Bertz CT molecular complexity index is 400. The zero-order valence-corrected chi connectivity index (χ0v) is 12.1. The lowest BCUT2D eigenvalue weighted by Gasteiger charge is -2.29. The molecule has 0 aliphatic carbocycles. The van der Waals surface area contributed by atoms with Gasteiger partial charge < -0.3 is 16.2 Å². The number of halogens is 2. The topological polar surface area (TPSA) is 71.2 Å². The van der Waals surface area contributed by atoms with E-state index in [9.17, 15) is 5.11 Å². The highest BCUT2D eigenvalue weighted by molar-refractivity contribution is 6.37. The molecule has 0 aliphatic rings. The molecule has 0 aliphatic heterocycles. The molecule has 1 heterocycles. The van der Waals surface area contributed by atoms with Gasteiger partial charge in [0, 0.05) is 12.0 Å². The van der Waals surface area contributed by atoms with Gasteiger partial charge in [-0.15, -0.1) is 0 Å². The number of nitrogens with two attached hydrogens (primary N) is 1. The lowest BCUT2D eigenvalue weighted by atomic mass is 9.83. The molecule has 0 fully saturated rings. The van der Waals surface area contributed by atoms with Crippen molar-refractivity contribution < 1.29 is 5.11 Å². The van der Waals surface area contributed by atoms with Gasteiger partial charge in [0.05, 0.1) is 16.7 Å². The van der Waals surface area contributed by atoms with E-state index in [1.807, 2.05) is 13.8 Å². The maximum Gasteiger partial charge on any atom is 0.147 e. The number of nitrogens with one attached hydrogen (secondary N) is 1. The van der Waals surface area contributed by atoms with Gasteiger partial charge in [-0.2, -0.15) is 0 Å². The van der Waals surface area contributed by atoms with Gasteiger partial charge in [0.1, 0.15) is 11.6 Å². The predicted molar refractivity (Wildman–Crippen MR) is 77.3 cm³/mol. The van der Waals surface area contributed by atoms with Crippen molar-refractivity contribution in [2.45, 2.75) is 26.7 Å². The van der Waals surface area contributed by atoms with Crippen LogP contribution in [0.5, 0.6) is 0 Å². The van der Waals surface area contributed by atoms with Gasteiger partial charge in [-0.1, -0.05) is 37.0 Å². The fourth-order valence-electron chi connectivity index (χ4n) is 1.66. The van der Waals surface area contributed by atoms with Crippen molar-refractivity contribution >= 4 is 34.8 Å². The summed E-state index contributed by atoms with van der Waals surface area (Å²) in [6.45, 7) is 4.80. The summed E-state index contributed by atoms with van der Waals surface area (Å²) in [5, 5.41) is 13.4. The summed E-state index contributed by atoms with van der Waals surface area (Å²) in [5.74, 6) is 0.740. The second-order valence-electron chi connectivity index (χ2n) is 4.40. The second-order valence-corrected chi connectivity index (χ2v) is 5.22. The van der Waals surface area contributed by atoms with E-state index in [0.29, 0.717) is 22.4 Å². The largest absolute Gasteiger partial charge is 0.396 e. The number of aromatic nitrogens is 1. The van der Waals surface area contributed by atoms with Crippen molar-refractivity contribution in [3.63, 3.8) is 0 Å². The monoisotopic (exact) mass is 291 g/mol. The molecule has 0 atom stereocenters. The fraction of sp³-hybridized carbons (Fsp3) is 0.583. The predicted octanol–water partition coefficient (Wildman–Crippen LogP) is 3.18. The third-order valence-corrected chi connectivity index (χ3v) is 4.01. The molecule has 1 aromatic rings. The van der Waals surface area contributed by atoms with Crippen molar-refractivity contribution in [3.05, 3.63) is 16.1 Å². The second kappa shape index (κ2) is 6.45. The minimum Gasteiger partial charge on any atom is -0.396 e. The van der Waals surface area contributed by atoms with E-state index in [1.54, 1.807) is 6.07 Å². The molecule has 0 saturated carbocycles. The van der Waals surface area contributed by atoms with Gasteiger partial charge >= 0.3 is 0 Å². The molecule has 18 heavy (non-hydrogen) atoms. The molecule has 0 radical (unpaired) electrons. The van der Waals surface area contributed by atoms with Gasteiger partial charge in [-0.05, 0) is 18.9 Å². The number of rotatable bonds is 6. The van der Waals surface area contributed by atoms with Gasteiger partial charge in [0.25, 0.3) is 0 Å². The number of pyridine rings is 1. The van der Waals surface area contributed by atoms with Crippen LogP contribution in [0.1, 0.15) is 26.7 Å². The average molecular weight is 292 g/mol. The molecule has 1 aromatic heterocycles. The smallest absolute Gasteiger partial charge is 0.147 e. The molecule has 0 spiro atoms. The summed E-state index contributed by atoms with van der Waals surface area (Å²) in [5.41, 5.74) is 5.47. The lowest BCUT2D eigenvalue weighted by molar-refractivity contribution is 0.127. The number of nitrogens with zero attached hydrogens (tertiary/aromatic N) is 1. The number of nitrogen functional groups attached to an aromatic ring is 1. The van der Waals surface area contributed by atoms with Crippen LogP contribution in [-0.4, -0.2) is 23.2 Å². The Labute approximate surface area is 117 Å². The van der Waals surface area contributed by atoms with Crippen molar-refractivity contribution in [2.24, 2.45) is 5.41 Å². The molecule has 0 amide bonds. The molecule has 4 N–H and O–H groups in total. The van der Waals surface area contributed by atoms with E-state index in [2.05, 4.69) is 10.3 Å². The van der Waals surface area contributed by atoms with Crippen LogP contribution >= 0.6 is 23.2 Å². The van der Waals surface area contributed by atoms with Crippen LogP contribution < -0.4 is 11.1 Å². The molecule has 0 saturated heterocycles. The van der Waals surface area contributed by atoms with Crippen molar-refractivity contribution in [1.29, 1.82) is 0 Å². The van der Waals surface area contributed by atoms with Crippen LogP contribution in [0.15, 0.2) is 6.07 Å². The molecule has 0 bridgehead atoms. The SMILES string of the molecule is CCC(CC)(CO)CNc1nc(N)c(Cl)cc1Cl. The highest BCUT2D eigenvalue weighted by atomic mass is 35.5. The van der Waals surface area contributed by atoms with Crippen LogP contribution in [0.4, 0.5) is 11.6 Å². The van der Waals surface area contributed by atoms with Crippen LogP contribution in [-0.2, 0) is 0 Å². The molecule has 0 aromatic carbocycles. The Morgan fingerprint density at radius 2 is 1.94 bits per heavy atom. The zero-order chi connectivity index (χ0) is 13.8. The first-order valence-corrected chi connectivity index (χ1v) is 6.70. The molecule has 4 nitrogen and oxygen atoms in total. The van der Waals surface area contributed by atoms with Gasteiger partial charge in [-0.25, -0.2) is 4.98 Å². The number of aliphatic hydroxyl groups is 1. The van der Waals surface area contributed by atoms with E-state index in [-0.39, 0.29) is 17.8 Å². The molecule has 6 heteroatoms. The van der Waals surface area contributed by atoms with Crippen LogP contribution in [0, 0.1) is 5.41 Å². The molecular weight excluding hydrogens is 273 g/mol. The Balaban J connectivity index is 2.83. The normalized spacial score (nSPS) is 11.6. The lowest BCUT2D eigenvalue weighted by Crippen LogP contribution is -2.32. The molecule has 0 unspecified atom stereocenters. The minimum absolute atomic E-state index is 0.119. The molecule has 102 valence electrons. The summed E-state index contributed by atoms with van der Waals surface area (Å²) in [7, 11) is 0. The van der Waals surface area contributed by atoms with E-state index in [1.165, 1.54) is 0 Å². The fourth-order valence-corrected chi connectivity index (χ4v) is 2.08. The van der Waals surface area contributed by atoms with Crippen molar-refractivity contribution in [1.82, 2.24) is 4.98 Å². The highest BCUT2D eigenvalue weighted by Crippen LogP contribution is 2.30. The standard InChI is InChI=1S/C12H19Cl2N3O/c1-3-12(4-2,7-18)6-16-11-9(14)5-8(13)10(15)17-11/h5,18H,3-4,6-7H2,1-2H3,(H3,15,16,17). The van der Waals surface area contributed by atoms with Gasteiger partial charge in [0.2, 0.25) is 0 Å². The van der Waals surface area contributed by atoms with E-state index < -0.39 is 0 Å². The van der Waals surface area contributed by atoms with Crippen LogP contribution in [0.25, 0.3) is 0 Å². The number of anilines is 2. The minimum atomic E-state index is -0.167. The van der Waals surface area contributed by atoms with Crippen molar-refractivity contribution in [3.8, 4) is 0 Å². The summed E-state index contributed by atoms with van der Waals surface area (Å²) in [6, 6.07) is 1.56. The number of hydrogen-bond donors (Lipinski definition) is 3. The first-order chi connectivity index (χ1) is 8.48. The Kier molecular flexibility index (Phi) is 5.50. The number of aliphatic hydroxyl groups excluding tert-OH is 1. The third-order valence-electron chi connectivity index (χ3n) is 3.42. The maximum atomic E-state index is 9.48. The van der Waals surface area contributed by atoms with Gasteiger partial charge in [0.15, 0.2) is 0 Å². The maximum absolute atomic E-state index is 9.48. The Hall–Kier alpha value is -0.710. The first-order valence-electron chi connectivity index (χ1n) is 5.94. The van der Waals surface area contributed by atoms with Crippen LogP contribution in [0.2, 0.25) is 10.0 Å². The average Bonchev–Trinajstić information content (AvgIpc) is 2.37. The van der Waals surface area contributed by atoms with E-state index in [4.69, 9.17) is 28.9 Å². The van der Waals surface area contributed by atoms with E-state index >= 15 is 0 Å². The van der Waals surface area contributed by atoms with Crippen LogP contribution in [0.3, 0.4) is 0 Å². The van der Waals surface area contributed by atoms with E-state index in [0.717, 1.165) is 12.8 Å².